The highest BCUT2D eigenvalue weighted by molar-refractivity contribution is 5.96. The standard InChI is InChI=1S/C22H26F2N4O.ClH/c1-15(2)27-14-17-19(26-11-9-25-10-12-26)7-4-8-20(17)28(22(27)29)13-16-5-3-6-18(23)21(16)24;/h3-8,15,25H,9-14H2,1-2H3;1H. The van der Waals surface area contributed by atoms with Gasteiger partial charge < -0.3 is 15.1 Å². The SMILES string of the molecule is CC(C)N1Cc2c(N3CCNCC3)cccc2N(Cc2cccc(F)c2F)C1=O.Cl. The Morgan fingerprint density at radius 2 is 1.70 bits per heavy atom. The Balaban J connectivity index is 0.00000256. The number of nitrogens with one attached hydrogen (secondary N) is 1. The van der Waals surface area contributed by atoms with Crippen LogP contribution < -0.4 is 15.1 Å². The number of halogens is 3. The van der Waals surface area contributed by atoms with Crippen LogP contribution in [0.2, 0.25) is 0 Å². The minimum atomic E-state index is -0.901. The number of benzene rings is 2. The maximum absolute atomic E-state index is 14.3. The first-order valence-electron chi connectivity index (χ1n) is 10.1. The molecule has 0 atom stereocenters. The van der Waals surface area contributed by atoms with Crippen molar-refractivity contribution in [2.45, 2.75) is 33.0 Å². The lowest BCUT2D eigenvalue weighted by Crippen LogP contribution is -2.50. The van der Waals surface area contributed by atoms with Crippen molar-refractivity contribution < 1.29 is 13.6 Å². The first-order valence-corrected chi connectivity index (χ1v) is 10.1. The molecule has 1 saturated heterocycles. The van der Waals surface area contributed by atoms with E-state index in [2.05, 4.69) is 16.3 Å². The molecule has 1 N–H and O–H groups in total. The Bertz CT molecular complexity index is 918. The molecule has 0 saturated carbocycles. The number of hydrogen-bond acceptors (Lipinski definition) is 3. The van der Waals surface area contributed by atoms with Gasteiger partial charge >= 0.3 is 6.03 Å². The third kappa shape index (κ3) is 4.09. The summed E-state index contributed by atoms with van der Waals surface area (Å²) in [7, 11) is 0. The lowest BCUT2D eigenvalue weighted by Gasteiger charge is -2.42. The van der Waals surface area contributed by atoms with Crippen molar-refractivity contribution in [2.24, 2.45) is 0 Å². The highest BCUT2D eigenvalue weighted by Crippen LogP contribution is 2.37. The van der Waals surface area contributed by atoms with Gasteiger partial charge in [0.25, 0.3) is 0 Å². The third-order valence-electron chi connectivity index (χ3n) is 5.66. The number of nitrogens with zero attached hydrogens (tertiary/aromatic N) is 3. The van der Waals surface area contributed by atoms with Gasteiger partial charge in [0.1, 0.15) is 0 Å². The van der Waals surface area contributed by atoms with Crippen LogP contribution in [0.15, 0.2) is 36.4 Å². The first kappa shape index (κ1) is 22.3. The molecule has 2 heterocycles. The van der Waals surface area contributed by atoms with Gasteiger partial charge in [0, 0.05) is 49.0 Å². The summed E-state index contributed by atoms with van der Waals surface area (Å²) in [5.41, 5.74) is 3.10. The van der Waals surface area contributed by atoms with E-state index in [0.717, 1.165) is 49.2 Å². The average Bonchev–Trinajstić information content (AvgIpc) is 2.73. The van der Waals surface area contributed by atoms with E-state index in [1.54, 1.807) is 9.80 Å². The van der Waals surface area contributed by atoms with Crippen LogP contribution in [0.4, 0.5) is 25.0 Å². The first-order chi connectivity index (χ1) is 14.0. The molecule has 0 aliphatic carbocycles. The molecule has 1 fully saturated rings. The topological polar surface area (TPSA) is 38.8 Å². The fourth-order valence-electron chi connectivity index (χ4n) is 4.07. The molecule has 8 heteroatoms. The Hall–Kier alpha value is -2.38. The highest BCUT2D eigenvalue weighted by atomic mass is 35.5. The molecule has 0 spiro atoms. The van der Waals surface area contributed by atoms with Gasteiger partial charge in [-0.1, -0.05) is 18.2 Å². The van der Waals surface area contributed by atoms with Crippen molar-refractivity contribution >= 4 is 29.8 Å². The molecule has 2 aliphatic rings. The Morgan fingerprint density at radius 3 is 2.40 bits per heavy atom. The zero-order chi connectivity index (χ0) is 20.5. The summed E-state index contributed by atoms with van der Waals surface area (Å²) in [6, 6.07) is 9.81. The summed E-state index contributed by atoms with van der Waals surface area (Å²) >= 11 is 0. The highest BCUT2D eigenvalue weighted by Gasteiger charge is 2.34. The lowest BCUT2D eigenvalue weighted by molar-refractivity contribution is 0.182. The summed E-state index contributed by atoms with van der Waals surface area (Å²) in [4.78, 5) is 18.9. The largest absolute Gasteiger partial charge is 0.369 e. The molecule has 0 radical (unpaired) electrons. The molecular formula is C22H27ClF2N4O. The molecule has 0 aromatic heterocycles. The molecule has 5 nitrogen and oxygen atoms in total. The average molecular weight is 437 g/mol. The number of rotatable bonds is 4. The molecular weight excluding hydrogens is 410 g/mol. The quantitative estimate of drug-likeness (QED) is 0.782. The van der Waals surface area contributed by atoms with Crippen molar-refractivity contribution in [2.75, 3.05) is 36.0 Å². The van der Waals surface area contributed by atoms with Crippen LogP contribution in [-0.4, -0.2) is 43.2 Å². The normalized spacial score (nSPS) is 16.6. The minimum Gasteiger partial charge on any atom is -0.369 e. The number of amides is 2. The predicted molar refractivity (Wildman–Crippen MR) is 117 cm³/mol. The predicted octanol–water partition coefficient (Wildman–Crippen LogP) is 4.15. The van der Waals surface area contributed by atoms with Gasteiger partial charge in [-0.25, -0.2) is 13.6 Å². The second-order valence-electron chi connectivity index (χ2n) is 7.82. The van der Waals surface area contributed by atoms with Crippen LogP contribution in [0.5, 0.6) is 0 Å². The summed E-state index contributed by atoms with van der Waals surface area (Å²) in [6.45, 7) is 8.05. The minimum absolute atomic E-state index is 0. The van der Waals surface area contributed by atoms with E-state index in [1.165, 1.54) is 12.1 Å². The number of urea groups is 1. The van der Waals surface area contributed by atoms with Crippen LogP contribution >= 0.6 is 12.4 Å². The van der Waals surface area contributed by atoms with Crippen LogP contribution in [0.1, 0.15) is 25.0 Å². The van der Waals surface area contributed by atoms with Gasteiger partial charge in [0.2, 0.25) is 0 Å². The van der Waals surface area contributed by atoms with Gasteiger partial charge in [0.15, 0.2) is 11.6 Å². The maximum atomic E-state index is 14.3. The van der Waals surface area contributed by atoms with Gasteiger partial charge in [-0.2, -0.15) is 0 Å². The summed E-state index contributed by atoms with van der Waals surface area (Å²) < 4.78 is 28.1. The molecule has 0 bridgehead atoms. The second kappa shape index (κ2) is 9.18. The Morgan fingerprint density at radius 1 is 1.03 bits per heavy atom. The van der Waals surface area contributed by atoms with Crippen LogP contribution in [0.25, 0.3) is 0 Å². The van der Waals surface area contributed by atoms with Crippen LogP contribution in [0, 0.1) is 11.6 Å². The number of carbonyl (C=O) groups is 1. The van der Waals surface area contributed by atoms with E-state index >= 15 is 0 Å². The monoisotopic (exact) mass is 436 g/mol. The van der Waals surface area contributed by atoms with E-state index in [9.17, 15) is 13.6 Å². The molecule has 4 rings (SSSR count). The zero-order valence-electron chi connectivity index (χ0n) is 17.2. The number of carbonyl (C=O) groups excluding carboxylic acids is 1. The van der Waals surface area contributed by atoms with Crippen LogP contribution in [0.3, 0.4) is 0 Å². The van der Waals surface area contributed by atoms with E-state index in [4.69, 9.17) is 0 Å². The number of anilines is 2. The van der Waals surface area contributed by atoms with Gasteiger partial charge in [-0.15, -0.1) is 12.4 Å². The van der Waals surface area contributed by atoms with Crippen molar-refractivity contribution in [1.29, 1.82) is 0 Å². The summed E-state index contributed by atoms with van der Waals surface area (Å²) in [5, 5.41) is 3.36. The lowest BCUT2D eigenvalue weighted by atomic mass is 10.0. The van der Waals surface area contributed by atoms with Crippen molar-refractivity contribution in [1.82, 2.24) is 10.2 Å². The number of fused-ring (bicyclic) bond motifs is 1. The molecule has 2 aromatic rings. The third-order valence-corrected chi connectivity index (χ3v) is 5.66. The number of hydrogen-bond donors (Lipinski definition) is 1. The second-order valence-corrected chi connectivity index (χ2v) is 7.82. The van der Waals surface area contributed by atoms with Gasteiger partial charge in [-0.05, 0) is 32.0 Å². The fourth-order valence-corrected chi connectivity index (χ4v) is 4.07. The van der Waals surface area contributed by atoms with Crippen molar-refractivity contribution in [3.8, 4) is 0 Å². The van der Waals surface area contributed by atoms with Crippen molar-refractivity contribution in [3.05, 3.63) is 59.2 Å². The summed E-state index contributed by atoms with van der Waals surface area (Å²) in [5.74, 6) is -1.80. The van der Waals surface area contributed by atoms with E-state index < -0.39 is 11.6 Å². The maximum Gasteiger partial charge on any atom is 0.325 e. The van der Waals surface area contributed by atoms with E-state index in [0.29, 0.717) is 6.54 Å². The van der Waals surface area contributed by atoms with Crippen LogP contribution in [-0.2, 0) is 13.1 Å². The molecule has 0 unspecified atom stereocenters. The van der Waals surface area contributed by atoms with Crippen molar-refractivity contribution in [3.63, 3.8) is 0 Å². The summed E-state index contributed by atoms with van der Waals surface area (Å²) in [6.07, 6.45) is 0. The molecule has 30 heavy (non-hydrogen) atoms. The molecule has 2 amide bonds. The molecule has 2 aliphatic heterocycles. The van der Waals surface area contributed by atoms with E-state index in [-0.39, 0.29) is 36.6 Å². The fraction of sp³-hybridized carbons (Fsp3) is 0.409. The molecule has 162 valence electrons. The Labute approximate surface area is 182 Å². The zero-order valence-corrected chi connectivity index (χ0v) is 18.0. The smallest absolute Gasteiger partial charge is 0.325 e. The van der Waals surface area contributed by atoms with E-state index in [1.807, 2.05) is 26.0 Å². The number of piperazine rings is 1. The van der Waals surface area contributed by atoms with Gasteiger partial charge in [-0.3, -0.25) is 4.90 Å². The van der Waals surface area contributed by atoms with Gasteiger partial charge in [0.05, 0.1) is 18.8 Å². The Kier molecular flexibility index (Phi) is 6.83. The molecule has 2 aromatic carbocycles.